The van der Waals surface area contributed by atoms with E-state index in [9.17, 15) is 15.2 Å². The van der Waals surface area contributed by atoms with Crippen molar-refractivity contribution >= 4 is 11.5 Å². The highest BCUT2D eigenvalue weighted by Crippen LogP contribution is 2.33. The fourth-order valence-corrected chi connectivity index (χ4v) is 3.31. The first-order valence-corrected chi connectivity index (χ1v) is 8.24. The molecule has 0 saturated carbocycles. The van der Waals surface area contributed by atoms with Crippen LogP contribution in [0, 0.1) is 10.1 Å². The van der Waals surface area contributed by atoms with Crippen molar-refractivity contribution in [3.8, 4) is 0 Å². The molecule has 7 heteroatoms. The molecule has 1 fully saturated rings. The van der Waals surface area contributed by atoms with Crippen molar-refractivity contribution in [3.05, 3.63) is 52.6 Å². The van der Waals surface area contributed by atoms with Gasteiger partial charge in [0.05, 0.1) is 11.2 Å². The van der Waals surface area contributed by atoms with Crippen LogP contribution < -0.4 is 4.90 Å². The van der Waals surface area contributed by atoms with Gasteiger partial charge in [0.1, 0.15) is 11.9 Å². The molecular formula is C17H21N3O4. The summed E-state index contributed by atoms with van der Waals surface area (Å²) in [7, 11) is 0. The number of anilines is 1. The van der Waals surface area contributed by atoms with Gasteiger partial charge in [-0.3, -0.25) is 10.1 Å². The highest BCUT2D eigenvalue weighted by molar-refractivity contribution is 5.58. The predicted octanol–water partition coefficient (Wildman–Crippen LogP) is 3.46. The van der Waals surface area contributed by atoms with Crippen molar-refractivity contribution in [2.75, 3.05) is 11.4 Å². The molecule has 1 saturated heterocycles. The largest absolute Gasteiger partial charge is 0.467 e. The fourth-order valence-electron chi connectivity index (χ4n) is 3.31. The summed E-state index contributed by atoms with van der Waals surface area (Å²) in [5.74, 6) is 0.913. The first-order valence-electron chi connectivity index (χ1n) is 8.24. The number of rotatable bonds is 5. The molecule has 0 spiro atoms. The molecule has 1 aliphatic rings. The van der Waals surface area contributed by atoms with Crippen molar-refractivity contribution in [1.82, 2.24) is 4.98 Å². The SMILES string of the molecule is O=[N+]([O-])c1cccnc1N1CCCCC[C@@H]1C[C@H](O)c1ccco1. The van der Waals surface area contributed by atoms with E-state index in [0.29, 0.717) is 24.5 Å². The van der Waals surface area contributed by atoms with E-state index in [2.05, 4.69) is 4.98 Å². The molecule has 2 atom stereocenters. The van der Waals surface area contributed by atoms with Crippen molar-refractivity contribution in [2.45, 2.75) is 44.2 Å². The van der Waals surface area contributed by atoms with Gasteiger partial charge in [-0.25, -0.2) is 4.98 Å². The lowest BCUT2D eigenvalue weighted by Crippen LogP contribution is -2.37. The van der Waals surface area contributed by atoms with Crippen LogP contribution in [0.1, 0.15) is 44.0 Å². The molecule has 0 bridgehead atoms. The Morgan fingerprint density at radius 1 is 1.38 bits per heavy atom. The summed E-state index contributed by atoms with van der Waals surface area (Å²) in [6.07, 6.45) is 6.78. The van der Waals surface area contributed by atoms with Gasteiger partial charge in [0.15, 0.2) is 0 Å². The summed E-state index contributed by atoms with van der Waals surface area (Å²) >= 11 is 0. The zero-order chi connectivity index (χ0) is 16.9. The maximum atomic E-state index is 11.3. The Bertz CT molecular complexity index is 674. The summed E-state index contributed by atoms with van der Waals surface area (Å²) in [4.78, 5) is 17.2. The number of hydrogen-bond donors (Lipinski definition) is 1. The van der Waals surface area contributed by atoms with E-state index in [1.807, 2.05) is 4.90 Å². The van der Waals surface area contributed by atoms with Crippen LogP contribution in [-0.4, -0.2) is 27.6 Å². The minimum atomic E-state index is -0.728. The molecule has 0 aliphatic carbocycles. The molecule has 0 aromatic carbocycles. The van der Waals surface area contributed by atoms with E-state index in [4.69, 9.17) is 4.42 Å². The van der Waals surface area contributed by atoms with Gasteiger partial charge in [0.25, 0.3) is 0 Å². The Labute approximate surface area is 140 Å². The Kier molecular flexibility index (Phi) is 5.10. The third kappa shape index (κ3) is 3.56. The monoisotopic (exact) mass is 331 g/mol. The number of hydrogen-bond acceptors (Lipinski definition) is 6. The van der Waals surface area contributed by atoms with Crippen LogP contribution in [0.4, 0.5) is 11.5 Å². The third-order valence-electron chi connectivity index (χ3n) is 4.48. The van der Waals surface area contributed by atoms with E-state index >= 15 is 0 Å². The maximum absolute atomic E-state index is 11.3. The molecule has 1 N–H and O–H groups in total. The number of nitro groups is 1. The Balaban J connectivity index is 1.87. The first-order chi connectivity index (χ1) is 11.7. The third-order valence-corrected chi connectivity index (χ3v) is 4.48. The van der Waals surface area contributed by atoms with Crippen molar-refractivity contribution in [2.24, 2.45) is 0 Å². The fraction of sp³-hybridized carbons (Fsp3) is 0.471. The van der Waals surface area contributed by atoms with Crippen molar-refractivity contribution in [3.63, 3.8) is 0 Å². The van der Waals surface area contributed by atoms with Crippen LogP contribution in [-0.2, 0) is 0 Å². The van der Waals surface area contributed by atoms with Crippen LogP contribution in [0.2, 0.25) is 0 Å². The molecule has 128 valence electrons. The van der Waals surface area contributed by atoms with Crippen LogP contribution >= 0.6 is 0 Å². The molecule has 7 nitrogen and oxygen atoms in total. The quantitative estimate of drug-likeness (QED) is 0.666. The van der Waals surface area contributed by atoms with Gasteiger partial charge in [-0.15, -0.1) is 0 Å². The lowest BCUT2D eigenvalue weighted by molar-refractivity contribution is -0.384. The normalized spacial score (nSPS) is 19.7. The van der Waals surface area contributed by atoms with E-state index in [0.717, 1.165) is 25.7 Å². The minimum Gasteiger partial charge on any atom is -0.467 e. The van der Waals surface area contributed by atoms with Gasteiger partial charge >= 0.3 is 5.69 Å². The number of furan rings is 1. The number of aliphatic hydroxyl groups is 1. The molecule has 1 aliphatic heterocycles. The Morgan fingerprint density at radius 2 is 2.25 bits per heavy atom. The van der Waals surface area contributed by atoms with Crippen LogP contribution in [0.3, 0.4) is 0 Å². The zero-order valence-corrected chi connectivity index (χ0v) is 13.4. The summed E-state index contributed by atoms with van der Waals surface area (Å²) in [5, 5.41) is 21.8. The van der Waals surface area contributed by atoms with Crippen LogP contribution in [0.5, 0.6) is 0 Å². The maximum Gasteiger partial charge on any atom is 0.311 e. The second kappa shape index (κ2) is 7.44. The van der Waals surface area contributed by atoms with Gasteiger partial charge in [0.2, 0.25) is 5.82 Å². The molecule has 2 aromatic heterocycles. The lowest BCUT2D eigenvalue weighted by atomic mass is 10.0. The number of aromatic nitrogens is 1. The van der Waals surface area contributed by atoms with Gasteiger partial charge < -0.3 is 14.4 Å². The van der Waals surface area contributed by atoms with Crippen molar-refractivity contribution < 1.29 is 14.4 Å². The van der Waals surface area contributed by atoms with E-state index in [1.54, 1.807) is 24.4 Å². The lowest BCUT2D eigenvalue weighted by Gasteiger charge is -2.31. The summed E-state index contributed by atoms with van der Waals surface area (Å²) < 4.78 is 5.28. The van der Waals surface area contributed by atoms with Crippen LogP contribution in [0.15, 0.2) is 41.1 Å². The average molecular weight is 331 g/mol. The molecule has 3 heterocycles. The molecule has 0 amide bonds. The smallest absolute Gasteiger partial charge is 0.311 e. The second-order valence-electron chi connectivity index (χ2n) is 6.07. The molecule has 0 unspecified atom stereocenters. The minimum absolute atomic E-state index is 0.0110. The number of aliphatic hydroxyl groups excluding tert-OH is 1. The standard InChI is InChI=1S/C17H21N3O4/c21-15(16-8-5-11-24-16)12-13-6-2-1-3-10-19(13)17-14(20(22)23)7-4-9-18-17/h4-5,7-9,11,13,15,21H,1-3,6,10,12H2/t13-,15+/m1/s1. The highest BCUT2D eigenvalue weighted by Gasteiger charge is 2.30. The van der Waals surface area contributed by atoms with Gasteiger partial charge in [0, 0.05) is 31.3 Å². The number of pyridine rings is 1. The summed E-state index contributed by atoms with van der Waals surface area (Å²) in [6, 6.07) is 6.53. The summed E-state index contributed by atoms with van der Waals surface area (Å²) in [5.41, 5.74) is 0.0110. The molecule has 0 radical (unpaired) electrons. The second-order valence-corrected chi connectivity index (χ2v) is 6.07. The summed E-state index contributed by atoms with van der Waals surface area (Å²) in [6.45, 7) is 0.702. The van der Waals surface area contributed by atoms with Crippen LogP contribution in [0.25, 0.3) is 0 Å². The average Bonchev–Trinajstić information content (AvgIpc) is 3.03. The highest BCUT2D eigenvalue weighted by atomic mass is 16.6. The van der Waals surface area contributed by atoms with Gasteiger partial charge in [-0.2, -0.15) is 0 Å². The van der Waals surface area contributed by atoms with E-state index in [-0.39, 0.29) is 11.7 Å². The Morgan fingerprint density at radius 3 is 3.00 bits per heavy atom. The molecule has 3 rings (SSSR count). The molecule has 2 aromatic rings. The Hall–Kier alpha value is -2.41. The van der Waals surface area contributed by atoms with Gasteiger partial charge in [-0.05, 0) is 31.0 Å². The number of nitrogens with zero attached hydrogens (tertiary/aromatic N) is 3. The topological polar surface area (TPSA) is 92.6 Å². The van der Waals surface area contributed by atoms with E-state index < -0.39 is 11.0 Å². The first kappa shape index (κ1) is 16.4. The predicted molar refractivity (Wildman–Crippen MR) is 88.8 cm³/mol. The zero-order valence-electron chi connectivity index (χ0n) is 13.4. The van der Waals surface area contributed by atoms with Gasteiger partial charge in [-0.1, -0.05) is 12.8 Å². The van der Waals surface area contributed by atoms with E-state index in [1.165, 1.54) is 12.3 Å². The van der Waals surface area contributed by atoms with Crippen molar-refractivity contribution in [1.29, 1.82) is 0 Å². The molecular weight excluding hydrogens is 310 g/mol. The molecule has 24 heavy (non-hydrogen) atoms.